The smallest absolute Gasteiger partial charge is 0.183 e. The van der Waals surface area contributed by atoms with Crippen LogP contribution in [0.25, 0.3) is 0 Å². The molecule has 0 aliphatic carbocycles. The first-order valence-electron chi connectivity index (χ1n) is 6.96. The van der Waals surface area contributed by atoms with Crippen LogP contribution in [0.3, 0.4) is 0 Å². The molecule has 0 N–H and O–H groups in total. The van der Waals surface area contributed by atoms with E-state index >= 15 is 0 Å². The van der Waals surface area contributed by atoms with Gasteiger partial charge in [0.1, 0.15) is 0 Å². The quantitative estimate of drug-likeness (QED) is 0.829. The lowest BCUT2D eigenvalue weighted by Crippen LogP contribution is -2.23. The molecule has 0 radical (unpaired) electrons. The summed E-state index contributed by atoms with van der Waals surface area (Å²) in [7, 11) is 4.07. The Morgan fingerprint density at radius 3 is 2.73 bits per heavy atom. The molecular formula is C15H17ClN4S2. The summed E-state index contributed by atoms with van der Waals surface area (Å²) in [5.74, 6) is 1.07. The number of thioether (sulfide) groups is 1. The van der Waals surface area contributed by atoms with Crippen molar-refractivity contribution in [3.8, 4) is 0 Å². The fraction of sp³-hybridized carbons (Fsp3) is 0.333. The van der Waals surface area contributed by atoms with Gasteiger partial charge in [-0.25, -0.2) is 9.98 Å². The van der Waals surface area contributed by atoms with Crippen molar-refractivity contribution in [3.63, 3.8) is 0 Å². The molecule has 2 heterocycles. The van der Waals surface area contributed by atoms with Gasteiger partial charge in [-0.05, 0) is 24.3 Å². The molecule has 3 rings (SSSR count). The van der Waals surface area contributed by atoms with Crippen LogP contribution in [0, 0.1) is 0 Å². The molecule has 0 saturated carbocycles. The maximum absolute atomic E-state index is 5.90. The molecule has 0 atom stereocenters. The first-order valence-corrected chi connectivity index (χ1v) is 9.14. The second-order valence-corrected chi connectivity index (χ2v) is 7.91. The van der Waals surface area contributed by atoms with Gasteiger partial charge < -0.3 is 9.80 Å². The molecule has 1 aliphatic rings. The summed E-state index contributed by atoms with van der Waals surface area (Å²) in [4.78, 5) is 14.4. The lowest BCUT2D eigenvalue weighted by atomic mass is 10.3. The molecule has 1 fully saturated rings. The fourth-order valence-electron chi connectivity index (χ4n) is 2.16. The zero-order valence-electron chi connectivity index (χ0n) is 12.5. The standard InChI is InChI=1S/C15H17ClN4S2/c1-19(2)12-5-3-11(4-6-12)18-15-20(7-8-21-15)10-13-9-17-14(16)22-13/h3-6,9H,7-8,10H2,1-2H3. The van der Waals surface area contributed by atoms with Crippen LogP contribution < -0.4 is 4.90 Å². The Balaban J connectivity index is 1.74. The molecule has 1 aliphatic heterocycles. The average Bonchev–Trinajstić information content (AvgIpc) is 3.10. The van der Waals surface area contributed by atoms with Crippen molar-refractivity contribution in [2.45, 2.75) is 6.54 Å². The van der Waals surface area contributed by atoms with Crippen LogP contribution in [-0.4, -0.2) is 41.4 Å². The molecular weight excluding hydrogens is 336 g/mol. The maximum Gasteiger partial charge on any atom is 0.183 e. The van der Waals surface area contributed by atoms with Crippen LogP contribution in [0.15, 0.2) is 35.5 Å². The third-order valence-corrected chi connectivity index (χ3v) is 5.42. The number of rotatable bonds is 4. The number of benzene rings is 1. The van der Waals surface area contributed by atoms with Crippen molar-refractivity contribution < 1.29 is 0 Å². The molecule has 0 amide bonds. The summed E-state index contributed by atoms with van der Waals surface area (Å²) in [6.07, 6.45) is 1.85. The van der Waals surface area contributed by atoms with Crippen molar-refractivity contribution in [3.05, 3.63) is 39.8 Å². The van der Waals surface area contributed by atoms with Crippen LogP contribution in [0.1, 0.15) is 4.88 Å². The van der Waals surface area contributed by atoms with E-state index in [1.165, 1.54) is 21.9 Å². The van der Waals surface area contributed by atoms with E-state index in [1.807, 2.05) is 20.3 Å². The van der Waals surface area contributed by atoms with Crippen LogP contribution in [0.5, 0.6) is 0 Å². The predicted molar refractivity (Wildman–Crippen MR) is 97.9 cm³/mol. The highest BCUT2D eigenvalue weighted by Gasteiger charge is 2.20. The summed E-state index contributed by atoms with van der Waals surface area (Å²) >= 11 is 9.23. The van der Waals surface area contributed by atoms with Crippen LogP contribution >= 0.6 is 34.7 Å². The Kier molecular flexibility index (Phi) is 4.90. The summed E-state index contributed by atoms with van der Waals surface area (Å²) < 4.78 is 0.597. The Morgan fingerprint density at radius 2 is 2.09 bits per heavy atom. The number of aromatic nitrogens is 1. The summed E-state index contributed by atoms with van der Waals surface area (Å²) in [5, 5.41) is 1.07. The number of hydrogen-bond donors (Lipinski definition) is 0. The fourth-order valence-corrected chi connectivity index (χ4v) is 4.16. The molecule has 1 aromatic heterocycles. The van der Waals surface area contributed by atoms with E-state index in [0.717, 1.165) is 29.7 Å². The highest BCUT2D eigenvalue weighted by atomic mass is 35.5. The first-order chi connectivity index (χ1) is 10.6. The van der Waals surface area contributed by atoms with Gasteiger partial charge in [0.25, 0.3) is 0 Å². The van der Waals surface area contributed by atoms with Crippen molar-refractivity contribution >= 4 is 51.2 Å². The lowest BCUT2D eigenvalue weighted by Gasteiger charge is -2.16. The Bertz CT molecular complexity index is 666. The SMILES string of the molecule is CN(C)c1ccc(N=C2SCCN2Cc2cnc(Cl)s2)cc1. The largest absolute Gasteiger partial charge is 0.378 e. The second kappa shape index (κ2) is 6.89. The highest BCUT2D eigenvalue weighted by Crippen LogP contribution is 2.27. The van der Waals surface area contributed by atoms with Crippen molar-refractivity contribution in [2.24, 2.45) is 4.99 Å². The predicted octanol–water partition coefficient (Wildman–Crippen LogP) is 4.10. The zero-order valence-corrected chi connectivity index (χ0v) is 14.9. The molecule has 1 aromatic carbocycles. The Morgan fingerprint density at radius 1 is 1.32 bits per heavy atom. The van der Waals surface area contributed by atoms with Gasteiger partial charge in [0.2, 0.25) is 0 Å². The van der Waals surface area contributed by atoms with E-state index < -0.39 is 0 Å². The monoisotopic (exact) mass is 352 g/mol. The third kappa shape index (κ3) is 3.74. The minimum absolute atomic E-state index is 0.597. The molecule has 7 heteroatoms. The molecule has 0 unspecified atom stereocenters. The summed E-state index contributed by atoms with van der Waals surface area (Å²) in [5.41, 5.74) is 2.17. The Labute approximate surface area is 143 Å². The molecule has 4 nitrogen and oxygen atoms in total. The topological polar surface area (TPSA) is 31.7 Å². The summed E-state index contributed by atoms with van der Waals surface area (Å²) in [6.45, 7) is 1.83. The number of nitrogens with zero attached hydrogens (tertiary/aromatic N) is 4. The first kappa shape index (κ1) is 15.6. The minimum atomic E-state index is 0.597. The molecule has 2 aromatic rings. The van der Waals surface area contributed by atoms with E-state index in [2.05, 4.69) is 39.0 Å². The number of anilines is 1. The maximum atomic E-state index is 5.90. The van der Waals surface area contributed by atoms with Crippen molar-refractivity contribution in [1.29, 1.82) is 0 Å². The minimum Gasteiger partial charge on any atom is -0.378 e. The van der Waals surface area contributed by atoms with Gasteiger partial charge in [-0.3, -0.25) is 0 Å². The number of thiazole rings is 1. The molecule has 116 valence electrons. The van der Waals surface area contributed by atoms with Crippen LogP contribution in [0.2, 0.25) is 4.47 Å². The number of hydrogen-bond acceptors (Lipinski definition) is 5. The van der Waals surface area contributed by atoms with Crippen molar-refractivity contribution in [2.75, 3.05) is 31.3 Å². The second-order valence-electron chi connectivity index (χ2n) is 5.15. The van der Waals surface area contributed by atoms with E-state index in [0.29, 0.717) is 4.47 Å². The molecule has 0 bridgehead atoms. The van der Waals surface area contributed by atoms with Gasteiger partial charge in [0.15, 0.2) is 9.63 Å². The average molecular weight is 353 g/mol. The Hall–Kier alpha value is -1.24. The highest BCUT2D eigenvalue weighted by molar-refractivity contribution is 8.14. The van der Waals surface area contributed by atoms with Gasteiger partial charge >= 0.3 is 0 Å². The van der Waals surface area contributed by atoms with Crippen LogP contribution in [-0.2, 0) is 6.54 Å². The normalized spacial score (nSPS) is 16.5. The van der Waals surface area contributed by atoms with Crippen LogP contribution in [0.4, 0.5) is 11.4 Å². The van der Waals surface area contributed by atoms with E-state index in [1.54, 1.807) is 11.8 Å². The van der Waals surface area contributed by atoms with Gasteiger partial charge in [-0.1, -0.05) is 23.4 Å². The third-order valence-electron chi connectivity index (χ3n) is 3.33. The van der Waals surface area contributed by atoms with E-state index in [9.17, 15) is 0 Å². The van der Waals surface area contributed by atoms with Gasteiger partial charge in [0, 0.05) is 43.2 Å². The van der Waals surface area contributed by atoms with Gasteiger partial charge in [0.05, 0.1) is 12.2 Å². The molecule has 1 saturated heterocycles. The van der Waals surface area contributed by atoms with Gasteiger partial charge in [-0.15, -0.1) is 11.3 Å². The zero-order chi connectivity index (χ0) is 15.5. The number of amidine groups is 1. The van der Waals surface area contributed by atoms with E-state index in [4.69, 9.17) is 16.6 Å². The van der Waals surface area contributed by atoms with Gasteiger partial charge in [-0.2, -0.15) is 0 Å². The number of halogens is 1. The summed E-state index contributed by atoms with van der Waals surface area (Å²) in [6, 6.07) is 8.30. The van der Waals surface area contributed by atoms with Crippen molar-refractivity contribution in [1.82, 2.24) is 9.88 Å². The lowest BCUT2D eigenvalue weighted by molar-refractivity contribution is 0.461. The number of aliphatic imine (C=N–C) groups is 1. The van der Waals surface area contributed by atoms with E-state index in [-0.39, 0.29) is 0 Å². The molecule has 0 spiro atoms. The molecule has 22 heavy (non-hydrogen) atoms.